The number of anilines is 1. The Morgan fingerprint density at radius 2 is 2.38 bits per heavy atom. The molecule has 0 amide bonds. The molecule has 84 valence electrons. The van der Waals surface area contributed by atoms with Crippen LogP contribution in [0.15, 0.2) is 12.1 Å². The van der Waals surface area contributed by atoms with Crippen molar-refractivity contribution < 1.29 is 9.90 Å². The molecule has 0 fully saturated rings. The van der Waals surface area contributed by atoms with Gasteiger partial charge in [0.25, 0.3) is 0 Å². The molecule has 4 nitrogen and oxygen atoms in total. The van der Waals surface area contributed by atoms with Gasteiger partial charge in [0, 0.05) is 13.0 Å². The van der Waals surface area contributed by atoms with Gasteiger partial charge < -0.3 is 10.4 Å². The molecule has 16 heavy (non-hydrogen) atoms. The minimum absolute atomic E-state index is 0.111. The Morgan fingerprint density at radius 1 is 1.62 bits per heavy atom. The highest BCUT2D eigenvalue weighted by atomic mass is 35.5. The number of aromatic carboxylic acids is 1. The van der Waals surface area contributed by atoms with Crippen LogP contribution < -0.4 is 5.32 Å². The molecule has 1 aromatic heterocycles. The molecule has 0 aromatic carbocycles. The van der Waals surface area contributed by atoms with Gasteiger partial charge in [0.15, 0.2) is 0 Å². The van der Waals surface area contributed by atoms with E-state index in [0.717, 1.165) is 6.42 Å². The summed E-state index contributed by atoms with van der Waals surface area (Å²) >= 11 is 5.69. The third-order valence-corrected chi connectivity index (χ3v) is 2.04. The summed E-state index contributed by atoms with van der Waals surface area (Å²) in [6, 6.07) is 2.74. The number of carbonyl (C=O) groups is 1. The summed E-state index contributed by atoms with van der Waals surface area (Å²) in [4.78, 5) is 14.7. The normalized spacial score (nSPS) is 9.50. The zero-order valence-corrected chi connectivity index (χ0v) is 9.29. The molecule has 2 N–H and O–H groups in total. The Hall–Kier alpha value is -1.73. The standard InChI is InChI=1S/C11H11ClN2O2/c1-2-3-4-5-13-10-7-8(11(15)16)6-9(12)14-10/h1,6-7H,3-5H2,(H,13,14)(H,15,16). The van der Waals surface area contributed by atoms with Gasteiger partial charge in [-0.05, 0) is 18.6 Å². The summed E-state index contributed by atoms with van der Waals surface area (Å²) in [5, 5.41) is 11.9. The molecule has 0 saturated heterocycles. The van der Waals surface area contributed by atoms with Gasteiger partial charge in [-0.25, -0.2) is 9.78 Å². The van der Waals surface area contributed by atoms with Gasteiger partial charge >= 0.3 is 5.97 Å². The average Bonchev–Trinajstić information content (AvgIpc) is 2.23. The monoisotopic (exact) mass is 238 g/mol. The van der Waals surface area contributed by atoms with Crippen LogP contribution in [0.3, 0.4) is 0 Å². The van der Waals surface area contributed by atoms with Crippen LogP contribution in [-0.2, 0) is 0 Å². The van der Waals surface area contributed by atoms with E-state index in [-0.39, 0.29) is 10.7 Å². The number of carboxylic acids is 1. The lowest BCUT2D eigenvalue weighted by molar-refractivity contribution is 0.0697. The lowest BCUT2D eigenvalue weighted by Gasteiger charge is -2.05. The van der Waals surface area contributed by atoms with E-state index in [1.165, 1.54) is 12.1 Å². The zero-order valence-electron chi connectivity index (χ0n) is 8.53. The van der Waals surface area contributed by atoms with Crippen molar-refractivity contribution in [2.45, 2.75) is 12.8 Å². The van der Waals surface area contributed by atoms with Crippen molar-refractivity contribution in [3.05, 3.63) is 22.8 Å². The van der Waals surface area contributed by atoms with E-state index < -0.39 is 5.97 Å². The fraction of sp³-hybridized carbons (Fsp3) is 0.273. The SMILES string of the molecule is C#CCCCNc1cc(C(=O)O)cc(Cl)n1. The number of nitrogens with one attached hydrogen (secondary N) is 1. The molecular weight excluding hydrogens is 228 g/mol. The molecule has 0 atom stereocenters. The van der Waals surface area contributed by atoms with Crippen molar-refractivity contribution in [2.24, 2.45) is 0 Å². The predicted octanol–water partition coefficient (Wildman–Crippen LogP) is 2.26. The highest BCUT2D eigenvalue weighted by Crippen LogP contribution is 2.14. The van der Waals surface area contributed by atoms with E-state index in [4.69, 9.17) is 23.1 Å². The fourth-order valence-corrected chi connectivity index (χ4v) is 1.33. The molecular formula is C11H11ClN2O2. The lowest BCUT2D eigenvalue weighted by Crippen LogP contribution is -2.05. The summed E-state index contributed by atoms with van der Waals surface area (Å²) in [6.07, 6.45) is 6.57. The largest absolute Gasteiger partial charge is 0.478 e. The van der Waals surface area contributed by atoms with Crippen molar-refractivity contribution in [3.63, 3.8) is 0 Å². The molecule has 5 heteroatoms. The highest BCUT2D eigenvalue weighted by molar-refractivity contribution is 6.29. The van der Waals surface area contributed by atoms with Crippen LogP contribution >= 0.6 is 11.6 Å². The fourth-order valence-electron chi connectivity index (χ4n) is 1.12. The summed E-state index contributed by atoms with van der Waals surface area (Å²) in [7, 11) is 0. The molecule has 0 aliphatic heterocycles. The minimum atomic E-state index is -1.03. The molecule has 0 aliphatic rings. The van der Waals surface area contributed by atoms with E-state index in [2.05, 4.69) is 16.2 Å². The molecule has 0 saturated carbocycles. The Bertz CT molecular complexity index is 426. The van der Waals surface area contributed by atoms with Crippen molar-refractivity contribution in [1.82, 2.24) is 4.98 Å². The molecule has 0 radical (unpaired) electrons. The zero-order chi connectivity index (χ0) is 12.0. The third-order valence-electron chi connectivity index (χ3n) is 1.85. The van der Waals surface area contributed by atoms with E-state index in [0.29, 0.717) is 18.8 Å². The van der Waals surface area contributed by atoms with Crippen molar-refractivity contribution >= 4 is 23.4 Å². The molecule has 1 heterocycles. The van der Waals surface area contributed by atoms with Gasteiger partial charge in [-0.15, -0.1) is 12.3 Å². The van der Waals surface area contributed by atoms with E-state index >= 15 is 0 Å². The summed E-state index contributed by atoms with van der Waals surface area (Å²) in [5.41, 5.74) is 0.111. The second kappa shape index (κ2) is 5.99. The number of hydrogen-bond acceptors (Lipinski definition) is 3. The van der Waals surface area contributed by atoms with E-state index in [9.17, 15) is 4.79 Å². The number of aromatic nitrogens is 1. The maximum atomic E-state index is 10.7. The first-order valence-corrected chi connectivity index (χ1v) is 5.09. The van der Waals surface area contributed by atoms with Crippen LogP contribution in [0.2, 0.25) is 5.15 Å². The van der Waals surface area contributed by atoms with Gasteiger partial charge in [0.05, 0.1) is 5.56 Å². The van der Waals surface area contributed by atoms with E-state index in [1.807, 2.05) is 0 Å². The smallest absolute Gasteiger partial charge is 0.335 e. The van der Waals surface area contributed by atoms with Gasteiger partial charge in [0.1, 0.15) is 11.0 Å². The number of nitrogens with zero attached hydrogens (tertiary/aromatic N) is 1. The Kier molecular flexibility index (Phi) is 4.62. The first-order chi connectivity index (χ1) is 7.63. The predicted molar refractivity (Wildman–Crippen MR) is 62.8 cm³/mol. The van der Waals surface area contributed by atoms with Gasteiger partial charge in [-0.1, -0.05) is 11.6 Å². The van der Waals surface area contributed by atoms with E-state index in [1.54, 1.807) is 0 Å². The quantitative estimate of drug-likeness (QED) is 0.469. The Labute approximate surface area is 98.6 Å². The van der Waals surface area contributed by atoms with Crippen molar-refractivity contribution in [3.8, 4) is 12.3 Å². The second-order valence-electron chi connectivity index (χ2n) is 3.10. The number of unbranched alkanes of at least 4 members (excludes halogenated alkanes) is 1. The van der Waals surface area contributed by atoms with Crippen LogP contribution in [0.25, 0.3) is 0 Å². The van der Waals surface area contributed by atoms with Crippen LogP contribution in [0.4, 0.5) is 5.82 Å². The molecule has 1 rings (SSSR count). The third kappa shape index (κ3) is 3.79. The second-order valence-corrected chi connectivity index (χ2v) is 3.49. The number of hydrogen-bond donors (Lipinski definition) is 2. The first kappa shape index (κ1) is 12.3. The van der Waals surface area contributed by atoms with Gasteiger partial charge in [0.2, 0.25) is 0 Å². The summed E-state index contributed by atoms with van der Waals surface area (Å²) in [5.74, 6) is 1.93. The lowest BCUT2D eigenvalue weighted by atomic mass is 10.2. The van der Waals surface area contributed by atoms with Crippen LogP contribution in [0, 0.1) is 12.3 Å². The molecule has 0 bridgehead atoms. The Balaban J connectivity index is 2.66. The van der Waals surface area contributed by atoms with Gasteiger partial charge in [-0.2, -0.15) is 0 Å². The number of rotatable bonds is 5. The summed E-state index contributed by atoms with van der Waals surface area (Å²) in [6.45, 7) is 0.636. The topological polar surface area (TPSA) is 62.2 Å². The number of halogens is 1. The van der Waals surface area contributed by atoms with Gasteiger partial charge in [-0.3, -0.25) is 0 Å². The first-order valence-electron chi connectivity index (χ1n) is 4.71. The highest BCUT2D eigenvalue weighted by Gasteiger charge is 2.06. The molecule has 1 aromatic rings. The van der Waals surface area contributed by atoms with Crippen LogP contribution in [-0.4, -0.2) is 22.6 Å². The molecule has 0 unspecified atom stereocenters. The number of carboxylic acid groups (broad SMARTS) is 1. The van der Waals surface area contributed by atoms with Crippen LogP contribution in [0.5, 0.6) is 0 Å². The summed E-state index contributed by atoms with van der Waals surface area (Å²) < 4.78 is 0. The molecule has 0 aliphatic carbocycles. The maximum Gasteiger partial charge on any atom is 0.335 e. The van der Waals surface area contributed by atoms with Crippen LogP contribution in [0.1, 0.15) is 23.2 Å². The average molecular weight is 239 g/mol. The van der Waals surface area contributed by atoms with Crippen molar-refractivity contribution in [2.75, 3.05) is 11.9 Å². The number of pyridine rings is 1. The number of terminal acetylenes is 1. The minimum Gasteiger partial charge on any atom is -0.478 e. The van der Waals surface area contributed by atoms with Crippen molar-refractivity contribution in [1.29, 1.82) is 0 Å². The Morgan fingerprint density at radius 3 is 3.00 bits per heavy atom. The maximum absolute atomic E-state index is 10.7. The molecule has 0 spiro atoms.